The summed E-state index contributed by atoms with van der Waals surface area (Å²) in [6.45, 7) is 4.78. The molecule has 2 heteroatoms. The van der Waals surface area contributed by atoms with Gasteiger partial charge in [-0.25, -0.2) is 0 Å². The van der Waals surface area contributed by atoms with Crippen LogP contribution in [0.2, 0.25) is 0 Å². The van der Waals surface area contributed by atoms with E-state index in [-0.39, 0.29) is 5.41 Å². The predicted octanol–water partition coefficient (Wildman–Crippen LogP) is 17.1. The molecule has 0 unspecified atom stereocenters. The summed E-state index contributed by atoms with van der Waals surface area (Å²) in [5.74, 6) is 0. The fourth-order valence-corrected chi connectivity index (χ4v) is 11.8. The van der Waals surface area contributed by atoms with Gasteiger partial charge >= 0.3 is 0 Å². The van der Waals surface area contributed by atoms with Gasteiger partial charge in [-0.15, -0.1) is 0 Å². The zero-order chi connectivity index (χ0) is 44.0. The van der Waals surface area contributed by atoms with Gasteiger partial charge in [-0.3, -0.25) is 0 Å². The number of rotatable bonds is 6. The van der Waals surface area contributed by atoms with E-state index in [0.717, 1.165) is 50.1 Å². The molecule has 0 atom stereocenters. The molecular weight excluding hydrogens is 799 g/mol. The van der Waals surface area contributed by atoms with Crippen molar-refractivity contribution in [2.24, 2.45) is 0 Å². The second kappa shape index (κ2) is 14.7. The van der Waals surface area contributed by atoms with Gasteiger partial charge in [0.15, 0.2) is 0 Å². The molecule has 0 saturated carbocycles. The Kier molecular flexibility index (Phi) is 8.51. The predicted molar refractivity (Wildman–Crippen MR) is 274 cm³/mol. The molecule has 0 amide bonds. The monoisotopic (exact) mass is 843 g/mol. The number of hydrogen-bond acceptors (Lipinski definition) is 2. The maximum atomic E-state index is 6.46. The van der Waals surface area contributed by atoms with Crippen LogP contribution in [0.1, 0.15) is 47.2 Å². The molecule has 0 radical (unpaired) electrons. The summed E-state index contributed by atoms with van der Waals surface area (Å²) in [7, 11) is 0. The van der Waals surface area contributed by atoms with Crippen molar-refractivity contribution in [2.75, 3.05) is 4.90 Å². The number of benzene rings is 10. The average molecular weight is 844 g/mol. The Balaban J connectivity index is 1.12. The van der Waals surface area contributed by atoms with E-state index >= 15 is 0 Å². The lowest BCUT2D eigenvalue weighted by atomic mass is 9.55. The second-order valence-electron chi connectivity index (χ2n) is 18.3. The van der Waals surface area contributed by atoms with Gasteiger partial charge in [0, 0.05) is 33.0 Å². The van der Waals surface area contributed by atoms with E-state index in [9.17, 15) is 0 Å². The van der Waals surface area contributed by atoms with Crippen molar-refractivity contribution in [1.29, 1.82) is 0 Å². The van der Waals surface area contributed by atoms with E-state index in [2.05, 4.69) is 249 Å². The second-order valence-corrected chi connectivity index (χ2v) is 18.3. The van der Waals surface area contributed by atoms with Crippen molar-refractivity contribution in [3.05, 3.63) is 270 Å². The van der Waals surface area contributed by atoms with Crippen molar-refractivity contribution >= 4 is 39.0 Å². The fourth-order valence-electron chi connectivity index (χ4n) is 11.8. The van der Waals surface area contributed by atoms with Gasteiger partial charge in [-0.1, -0.05) is 214 Å². The lowest BCUT2D eigenvalue weighted by Crippen LogP contribution is -2.40. The average Bonchev–Trinajstić information content (AvgIpc) is 3.90. The maximum Gasteiger partial charge on any atom is 0.135 e. The number of nitrogens with zero attached hydrogens (tertiary/aromatic N) is 1. The smallest absolute Gasteiger partial charge is 0.135 e. The lowest BCUT2D eigenvalue weighted by Gasteiger charge is -2.46. The molecule has 13 rings (SSSR count). The van der Waals surface area contributed by atoms with Crippen LogP contribution in [0.4, 0.5) is 17.1 Å². The summed E-state index contributed by atoms with van der Waals surface area (Å²) in [4.78, 5) is 2.52. The summed E-state index contributed by atoms with van der Waals surface area (Å²) in [6, 6.07) is 87.1. The van der Waals surface area contributed by atoms with Gasteiger partial charge in [0.05, 0.1) is 16.8 Å². The molecule has 2 aliphatic rings. The highest BCUT2D eigenvalue weighted by Crippen LogP contribution is 2.64. The van der Waals surface area contributed by atoms with Crippen LogP contribution >= 0.6 is 0 Å². The Morgan fingerprint density at radius 2 is 0.818 bits per heavy atom. The van der Waals surface area contributed by atoms with E-state index in [1.807, 2.05) is 6.07 Å². The number of anilines is 3. The third-order valence-electron chi connectivity index (χ3n) is 14.6. The van der Waals surface area contributed by atoms with E-state index in [4.69, 9.17) is 4.42 Å². The van der Waals surface area contributed by atoms with Crippen LogP contribution < -0.4 is 4.90 Å². The molecule has 1 heterocycles. The normalized spacial score (nSPS) is 13.8. The van der Waals surface area contributed by atoms with Crippen LogP contribution in [-0.2, 0) is 10.8 Å². The molecule has 11 aromatic rings. The molecule has 312 valence electrons. The third kappa shape index (κ3) is 5.42. The Bertz CT molecular complexity index is 3650. The molecule has 0 saturated heterocycles. The molecule has 0 fully saturated rings. The highest BCUT2D eigenvalue weighted by atomic mass is 16.3. The number of para-hydroxylation sites is 2. The molecule has 0 N–H and O–H groups in total. The van der Waals surface area contributed by atoms with Crippen LogP contribution in [0.5, 0.6) is 0 Å². The minimum atomic E-state index is -0.533. The fraction of sp³-hybridized carbons (Fsp3) is 0.0625. The Morgan fingerprint density at radius 1 is 0.333 bits per heavy atom. The van der Waals surface area contributed by atoms with Gasteiger partial charge in [-0.05, 0) is 103 Å². The molecular formula is C64H45NO. The first-order chi connectivity index (χ1) is 32.5. The lowest BCUT2D eigenvalue weighted by molar-refractivity contribution is 0.563. The summed E-state index contributed by atoms with van der Waals surface area (Å²) in [5.41, 5.74) is 21.9. The Labute approximate surface area is 385 Å². The van der Waals surface area contributed by atoms with Crippen molar-refractivity contribution in [3.63, 3.8) is 0 Å². The van der Waals surface area contributed by atoms with Gasteiger partial charge in [0.1, 0.15) is 11.2 Å². The first-order valence-electron chi connectivity index (χ1n) is 23.0. The zero-order valence-electron chi connectivity index (χ0n) is 36.9. The highest BCUT2D eigenvalue weighted by Gasteiger charge is 2.54. The van der Waals surface area contributed by atoms with E-state index in [1.165, 1.54) is 66.8 Å². The van der Waals surface area contributed by atoms with Crippen LogP contribution in [0, 0.1) is 0 Å². The van der Waals surface area contributed by atoms with E-state index in [1.54, 1.807) is 0 Å². The van der Waals surface area contributed by atoms with Crippen LogP contribution in [-0.4, -0.2) is 0 Å². The molecule has 10 aromatic carbocycles. The molecule has 0 aliphatic heterocycles. The van der Waals surface area contributed by atoms with Gasteiger partial charge in [-0.2, -0.15) is 0 Å². The summed E-state index contributed by atoms with van der Waals surface area (Å²) < 4.78 is 6.46. The quantitative estimate of drug-likeness (QED) is 0.166. The van der Waals surface area contributed by atoms with Crippen LogP contribution in [0.15, 0.2) is 241 Å². The molecule has 2 aliphatic carbocycles. The van der Waals surface area contributed by atoms with Crippen molar-refractivity contribution < 1.29 is 4.42 Å². The zero-order valence-corrected chi connectivity index (χ0v) is 36.9. The summed E-state index contributed by atoms with van der Waals surface area (Å²) in [5, 5.41) is 2.19. The van der Waals surface area contributed by atoms with Crippen molar-refractivity contribution in [1.82, 2.24) is 0 Å². The summed E-state index contributed by atoms with van der Waals surface area (Å²) >= 11 is 0. The molecule has 2 nitrogen and oxygen atoms in total. The standard InChI is InChI=1S/C64H45NO/c1-63(2)53-31-14-16-33-55(53)64(56-34-17-15-32-54(56)63)52-30-13-10-29-50(52)62-57(64)35-20-37-59(62)65(43-39-40-61-51(41-43)49-28-12-19-38-60(49)66-61)58-36-18-11-27-48(58)47-26-9-8-25-46(47)45-24-7-6-23-44(45)42-21-4-3-5-22-42/h3-41H,1-2H3. The van der Waals surface area contributed by atoms with Crippen LogP contribution in [0.3, 0.4) is 0 Å². The molecule has 0 bridgehead atoms. The van der Waals surface area contributed by atoms with Gasteiger partial charge in [0.25, 0.3) is 0 Å². The Hall–Kier alpha value is -8.20. The maximum absolute atomic E-state index is 6.46. The first-order valence-corrected chi connectivity index (χ1v) is 23.0. The van der Waals surface area contributed by atoms with Gasteiger partial charge in [0.2, 0.25) is 0 Å². The number of furan rings is 1. The van der Waals surface area contributed by atoms with Crippen molar-refractivity contribution in [2.45, 2.75) is 24.7 Å². The number of fused-ring (bicyclic) bond motifs is 12. The summed E-state index contributed by atoms with van der Waals surface area (Å²) in [6.07, 6.45) is 0. The van der Waals surface area contributed by atoms with Crippen molar-refractivity contribution in [3.8, 4) is 44.5 Å². The topological polar surface area (TPSA) is 16.4 Å². The number of hydrogen-bond donors (Lipinski definition) is 0. The van der Waals surface area contributed by atoms with E-state index in [0.29, 0.717) is 0 Å². The highest BCUT2D eigenvalue weighted by molar-refractivity contribution is 6.08. The minimum Gasteiger partial charge on any atom is -0.456 e. The SMILES string of the molecule is CC1(C)c2ccccc2C2(c3ccccc3-c3c(N(c4ccc5oc6ccccc6c5c4)c4ccccc4-c4ccccc4-c4ccccc4-c4ccccc4)cccc32)c2ccccc21. The molecule has 1 aromatic heterocycles. The molecule has 1 spiro atoms. The first kappa shape index (κ1) is 38.3. The third-order valence-corrected chi connectivity index (χ3v) is 14.6. The largest absolute Gasteiger partial charge is 0.456 e. The van der Waals surface area contributed by atoms with Crippen LogP contribution in [0.25, 0.3) is 66.4 Å². The minimum absolute atomic E-state index is 0.186. The van der Waals surface area contributed by atoms with Gasteiger partial charge < -0.3 is 9.32 Å². The molecule has 66 heavy (non-hydrogen) atoms. The van der Waals surface area contributed by atoms with E-state index < -0.39 is 5.41 Å². The Morgan fingerprint density at radius 3 is 1.53 bits per heavy atom.